The molecule has 0 spiro atoms. The Kier molecular flexibility index (Phi) is 7.21. The molecule has 1 N–H and O–H groups in total. The topological polar surface area (TPSA) is 106 Å². The molecule has 6 rings (SSSR count). The standard InChI is InChI=1S/C29H23ClF2N6O4/c30-25-26-22(15-23(32)27(25)36-13-11-35(12-14-36)20-7-3-19(31)4-8-20)28(39)24(42-29(40)41)17-37(26)21-5-1-18(2-6-21)16-38-33-9-10-34-38/h1-10,15,17H,11-14,16H2,(H,40,41). The Morgan fingerprint density at radius 1 is 0.929 bits per heavy atom. The van der Waals surface area contributed by atoms with Gasteiger partial charge < -0.3 is 24.2 Å². The predicted octanol–water partition coefficient (Wildman–Crippen LogP) is 4.95. The van der Waals surface area contributed by atoms with Crippen LogP contribution in [0.25, 0.3) is 16.6 Å². The first-order valence-electron chi connectivity index (χ1n) is 13.0. The zero-order chi connectivity index (χ0) is 29.4. The number of hydrogen-bond acceptors (Lipinski definition) is 7. The highest BCUT2D eigenvalue weighted by molar-refractivity contribution is 6.38. The number of ether oxygens (including phenoxy) is 1. The molecule has 1 aliphatic rings. The molecule has 1 fully saturated rings. The SMILES string of the molecule is O=C(O)Oc1cn(-c2ccc(Cn3nccn3)cc2)c2c(Cl)c(N3CCN(c4ccc(F)cc4)CC3)c(F)cc2c1=O. The van der Waals surface area contributed by atoms with Gasteiger partial charge in [0.25, 0.3) is 0 Å². The molecule has 0 bridgehead atoms. The summed E-state index contributed by atoms with van der Waals surface area (Å²) in [7, 11) is 0. The largest absolute Gasteiger partial charge is 0.511 e. The van der Waals surface area contributed by atoms with Crippen molar-refractivity contribution in [3.8, 4) is 11.4 Å². The summed E-state index contributed by atoms with van der Waals surface area (Å²) >= 11 is 6.89. The van der Waals surface area contributed by atoms with Gasteiger partial charge in [0.1, 0.15) is 11.6 Å². The Morgan fingerprint density at radius 3 is 2.19 bits per heavy atom. The first-order valence-corrected chi connectivity index (χ1v) is 13.3. The van der Waals surface area contributed by atoms with Gasteiger partial charge in [-0.2, -0.15) is 15.0 Å². The zero-order valence-electron chi connectivity index (χ0n) is 22.0. The molecule has 0 atom stereocenters. The lowest BCUT2D eigenvalue weighted by atomic mass is 10.1. The second kappa shape index (κ2) is 11.1. The number of rotatable bonds is 6. The van der Waals surface area contributed by atoms with Crippen molar-refractivity contribution < 1.29 is 23.4 Å². The second-order valence-electron chi connectivity index (χ2n) is 9.65. The summed E-state index contributed by atoms with van der Waals surface area (Å²) in [4.78, 5) is 29.9. The van der Waals surface area contributed by atoms with Gasteiger partial charge in [0.15, 0.2) is 5.75 Å². The Morgan fingerprint density at radius 2 is 1.55 bits per heavy atom. The number of carboxylic acid groups (broad SMARTS) is 1. The van der Waals surface area contributed by atoms with Crippen LogP contribution < -0.4 is 20.0 Å². The summed E-state index contributed by atoms with van der Waals surface area (Å²) in [5.74, 6) is -1.54. The van der Waals surface area contributed by atoms with Gasteiger partial charge in [-0.15, -0.1) is 0 Å². The fourth-order valence-corrected chi connectivity index (χ4v) is 5.53. The quantitative estimate of drug-likeness (QED) is 0.276. The summed E-state index contributed by atoms with van der Waals surface area (Å²) in [6.45, 7) is 2.32. The molecule has 10 nitrogen and oxygen atoms in total. The van der Waals surface area contributed by atoms with E-state index in [2.05, 4.69) is 15.1 Å². The van der Waals surface area contributed by atoms with Crippen LogP contribution >= 0.6 is 11.6 Å². The number of halogens is 3. The molecule has 0 amide bonds. The lowest BCUT2D eigenvalue weighted by Gasteiger charge is -2.38. The lowest BCUT2D eigenvalue weighted by Crippen LogP contribution is -2.47. The molecule has 0 radical (unpaired) electrons. The van der Waals surface area contributed by atoms with Crippen LogP contribution in [0, 0.1) is 11.6 Å². The molecule has 0 saturated carbocycles. The molecule has 0 unspecified atom stereocenters. The Balaban J connectivity index is 1.40. The van der Waals surface area contributed by atoms with Crippen molar-refractivity contribution in [2.24, 2.45) is 0 Å². The van der Waals surface area contributed by atoms with E-state index in [4.69, 9.17) is 16.3 Å². The number of pyridine rings is 1. The van der Waals surface area contributed by atoms with Gasteiger partial charge in [-0.3, -0.25) is 4.79 Å². The van der Waals surface area contributed by atoms with Crippen molar-refractivity contribution >= 4 is 40.0 Å². The molecule has 0 aliphatic carbocycles. The minimum Gasteiger partial charge on any atom is -0.449 e. The highest BCUT2D eigenvalue weighted by atomic mass is 35.5. The van der Waals surface area contributed by atoms with Crippen LogP contribution in [0.5, 0.6) is 5.75 Å². The number of anilines is 2. The van der Waals surface area contributed by atoms with E-state index in [1.807, 2.05) is 12.1 Å². The van der Waals surface area contributed by atoms with E-state index >= 15 is 4.39 Å². The Bertz CT molecular complexity index is 1820. The normalized spacial score (nSPS) is 13.5. The summed E-state index contributed by atoms with van der Waals surface area (Å²) in [6, 6.07) is 14.4. The van der Waals surface area contributed by atoms with Crippen LogP contribution in [0.3, 0.4) is 0 Å². The van der Waals surface area contributed by atoms with Crippen molar-refractivity contribution in [1.82, 2.24) is 19.6 Å². The average Bonchev–Trinajstić information content (AvgIpc) is 3.49. The van der Waals surface area contributed by atoms with Gasteiger partial charge in [-0.25, -0.2) is 13.6 Å². The average molecular weight is 593 g/mol. The summed E-state index contributed by atoms with van der Waals surface area (Å²) in [5.41, 5.74) is 1.81. The molecular weight excluding hydrogens is 570 g/mol. The molecule has 1 saturated heterocycles. The van der Waals surface area contributed by atoms with Gasteiger partial charge in [0.2, 0.25) is 5.43 Å². The summed E-state index contributed by atoms with van der Waals surface area (Å²) < 4.78 is 35.3. The van der Waals surface area contributed by atoms with E-state index < -0.39 is 23.2 Å². The van der Waals surface area contributed by atoms with Gasteiger partial charge in [0.05, 0.1) is 46.7 Å². The summed E-state index contributed by atoms with van der Waals surface area (Å²) in [6.07, 6.45) is 2.71. The number of piperazine rings is 1. The molecule has 2 aromatic heterocycles. The third-order valence-electron chi connectivity index (χ3n) is 7.11. The minimum absolute atomic E-state index is 0.00373. The smallest absolute Gasteiger partial charge is 0.449 e. The predicted molar refractivity (Wildman–Crippen MR) is 153 cm³/mol. The lowest BCUT2D eigenvalue weighted by molar-refractivity contribution is 0.144. The van der Waals surface area contributed by atoms with Crippen LogP contribution in [0.15, 0.2) is 78.0 Å². The maximum atomic E-state index is 15.7. The number of aromatic nitrogens is 4. The monoisotopic (exact) mass is 592 g/mol. The number of nitrogens with zero attached hydrogens (tertiary/aromatic N) is 6. The van der Waals surface area contributed by atoms with Crippen LogP contribution in [0.2, 0.25) is 5.02 Å². The Labute approximate surface area is 242 Å². The molecule has 3 aromatic carbocycles. The van der Waals surface area contributed by atoms with Gasteiger partial charge in [-0.1, -0.05) is 23.7 Å². The molecule has 13 heteroatoms. The number of benzene rings is 3. The van der Waals surface area contributed by atoms with E-state index in [1.54, 1.807) is 41.6 Å². The third kappa shape index (κ3) is 5.23. The van der Waals surface area contributed by atoms with Crippen molar-refractivity contribution in [3.63, 3.8) is 0 Å². The van der Waals surface area contributed by atoms with Crippen molar-refractivity contribution in [2.45, 2.75) is 6.54 Å². The molecule has 214 valence electrons. The maximum absolute atomic E-state index is 15.7. The van der Waals surface area contributed by atoms with E-state index in [9.17, 15) is 19.1 Å². The highest BCUT2D eigenvalue weighted by Crippen LogP contribution is 2.38. The molecular formula is C29H23ClF2N6O4. The highest BCUT2D eigenvalue weighted by Gasteiger charge is 2.26. The van der Waals surface area contributed by atoms with Crippen LogP contribution in [0.4, 0.5) is 25.0 Å². The van der Waals surface area contributed by atoms with Gasteiger partial charge in [-0.05, 0) is 48.0 Å². The number of hydrogen-bond donors (Lipinski definition) is 1. The number of carbonyl (C=O) groups is 1. The van der Waals surface area contributed by atoms with Crippen molar-refractivity contribution in [3.05, 3.63) is 106 Å². The maximum Gasteiger partial charge on any atom is 0.511 e. The van der Waals surface area contributed by atoms with Crippen LogP contribution in [-0.4, -0.2) is 57.0 Å². The Hall–Kier alpha value is -4.97. The first kappa shape index (κ1) is 27.2. The van der Waals surface area contributed by atoms with E-state index in [0.29, 0.717) is 38.4 Å². The van der Waals surface area contributed by atoms with E-state index in [1.165, 1.54) is 27.7 Å². The molecule has 1 aliphatic heterocycles. The van der Waals surface area contributed by atoms with Gasteiger partial charge >= 0.3 is 6.16 Å². The third-order valence-corrected chi connectivity index (χ3v) is 7.47. The minimum atomic E-state index is -1.68. The van der Waals surface area contributed by atoms with Crippen LogP contribution in [0.1, 0.15) is 5.56 Å². The van der Waals surface area contributed by atoms with Crippen molar-refractivity contribution in [2.75, 3.05) is 36.0 Å². The molecule has 5 aromatic rings. The number of fused-ring (bicyclic) bond motifs is 1. The van der Waals surface area contributed by atoms with Crippen molar-refractivity contribution in [1.29, 1.82) is 0 Å². The fraction of sp³-hybridized carbons (Fsp3) is 0.172. The van der Waals surface area contributed by atoms with Crippen LogP contribution in [-0.2, 0) is 6.54 Å². The second-order valence-corrected chi connectivity index (χ2v) is 10.0. The first-order chi connectivity index (χ1) is 20.3. The molecule has 3 heterocycles. The van der Waals surface area contributed by atoms with Gasteiger partial charge in [0, 0.05) is 37.6 Å². The fourth-order valence-electron chi connectivity index (χ4n) is 5.13. The zero-order valence-corrected chi connectivity index (χ0v) is 22.7. The molecule has 42 heavy (non-hydrogen) atoms. The van der Waals surface area contributed by atoms with E-state index in [-0.39, 0.29) is 27.4 Å². The van der Waals surface area contributed by atoms with E-state index in [0.717, 1.165) is 17.3 Å². The summed E-state index contributed by atoms with van der Waals surface area (Å²) in [5, 5.41) is 17.3.